The Bertz CT molecular complexity index is 422. The highest BCUT2D eigenvalue weighted by molar-refractivity contribution is 8.16. The molecule has 0 radical (unpaired) electrons. The summed E-state index contributed by atoms with van der Waals surface area (Å²) >= 11 is 4.04. The van der Waals surface area contributed by atoms with Crippen LogP contribution in [-0.2, 0) is 0 Å². The van der Waals surface area contributed by atoms with Crippen LogP contribution in [0.25, 0.3) is 0 Å². The Balaban J connectivity index is 1.69. The summed E-state index contributed by atoms with van der Waals surface area (Å²) in [4.78, 5) is 13.9. The molecule has 0 aliphatic carbocycles. The number of carbonyl (C=O) groups excluding carboxylic acids is 1. The Morgan fingerprint density at radius 3 is 2.28 bits per heavy atom. The van der Waals surface area contributed by atoms with Crippen LogP contribution in [0.4, 0.5) is 0 Å². The summed E-state index contributed by atoms with van der Waals surface area (Å²) < 4.78 is 0.562. The Kier molecular flexibility index (Phi) is 3.85. The zero-order valence-electron chi connectivity index (χ0n) is 10.3. The number of carbonyl (C=O) groups is 1. The molecular formula is C14H17NOS2. The number of rotatable bonds is 2. The van der Waals surface area contributed by atoms with Gasteiger partial charge in [-0.05, 0) is 42.0 Å². The van der Waals surface area contributed by atoms with Gasteiger partial charge in [0.1, 0.15) is 0 Å². The Morgan fingerprint density at radius 2 is 1.72 bits per heavy atom. The van der Waals surface area contributed by atoms with Crippen LogP contribution in [0.15, 0.2) is 24.3 Å². The molecule has 2 fully saturated rings. The van der Waals surface area contributed by atoms with Crippen molar-refractivity contribution in [3.63, 3.8) is 0 Å². The first-order valence-corrected chi connectivity index (χ1v) is 8.57. The fourth-order valence-electron chi connectivity index (χ4n) is 2.16. The van der Waals surface area contributed by atoms with Crippen molar-refractivity contribution in [2.24, 2.45) is 0 Å². The van der Waals surface area contributed by atoms with Crippen molar-refractivity contribution in [2.75, 3.05) is 24.6 Å². The number of hydrogen-bond acceptors (Lipinski definition) is 3. The van der Waals surface area contributed by atoms with Gasteiger partial charge in [-0.1, -0.05) is 12.1 Å². The molecule has 2 aliphatic rings. The highest BCUT2D eigenvalue weighted by atomic mass is 32.2. The number of nitrogens with zero attached hydrogens (tertiary/aromatic N) is 1. The molecule has 0 unspecified atom stereocenters. The first-order valence-electron chi connectivity index (χ1n) is 6.47. The maximum absolute atomic E-state index is 12.0. The minimum absolute atomic E-state index is 0.191. The van der Waals surface area contributed by atoms with Gasteiger partial charge in [-0.3, -0.25) is 4.79 Å². The van der Waals surface area contributed by atoms with Crippen molar-refractivity contribution in [3.05, 3.63) is 35.4 Å². The average molecular weight is 279 g/mol. The summed E-state index contributed by atoms with van der Waals surface area (Å²) in [5.74, 6) is 2.70. The van der Waals surface area contributed by atoms with Crippen LogP contribution >= 0.6 is 23.5 Å². The first-order chi connectivity index (χ1) is 8.84. The lowest BCUT2D eigenvalue weighted by atomic mass is 10.1. The molecule has 0 aromatic heterocycles. The summed E-state index contributed by atoms with van der Waals surface area (Å²) in [6.07, 6.45) is 2.47. The van der Waals surface area contributed by atoms with Gasteiger partial charge in [-0.25, -0.2) is 0 Å². The van der Waals surface area contributed by atoms with E-state index in [9.17, 15) is 4.79 Å². The van der Waals surface area contributed by atoms with Gasteiger partial charge in [-0.15, -0.1) is 23.5 Å². The number of amides is 1. The van der Waals surface area contributed by atoms with Gasteiger partial charge < -0.3 is 4.90 Å². The SMILES string of the molecule is O=C(c1ccc(C2SCCCS2)cc1)N1CCC1. The van der Waals surface area contributed by atoms with Crippen LogP contribution in [0.3, 0.4) is 0 Å². The van der Waals surface area contributed by atoms with Crippen LogP contribution in [0.1, 0.15) is 33.3 Å². The molecule has 2 nitrogen and oxygen atoms in total. The van der Waals surface area contributed by atoms with Crippen LogP contribution in [-0.4, -0.2) is 35.4 Å². The summed E-state index contributed by atoms with van der Waals surface area (Å²) in [5.41, 5.74) is 2.19. The third-order valence-corrected chi connectivity index (χ3v) is 6.42. The predicted molar refractivity (Wildman–Crippen MR) is 79.2 cm³/mol. The number of hydrogen-bond donors (Lipinski definition) is 0. The number of benzene rings is 1. The number of likely N-dealkylation sites (tertiary alicyclic amines) is 1. The fraction of sp³-hybridized carbons (Fsp3) is 0.500. The maximum atomic E-state index is 12.0. The maximum Gasteiger partial charge on any atom is 0.253 e. The Labute approximate surface area is 117 Å². The van der Waals surface area contributed by atoms with E-state index in [4.69, 9.17) is 0 Å². The minimum Gasteiger partial charge on any atom is -0.339 e. The Morgan fingerprint density at radius 1 is 1.06 bits per heavy atom. The first kappa shape index (κ1) is 12.4. The molecule has 3 rings (SSSR count). The van der Waals surface area contributed by atoms with Crippen LogP contribution < -0.4 is 0 Å². The van der Waals surface area contributed by atoms with Crippen LogP contribution in [0.2, 0.25) is 0 Å². The van der Waals surface area contributed by atoms with Crippen molar-refractivity contribution in [2.45, 2.75) is 17.4 Å². The van der Waals surface area contributed by atoms with Crippen molar-refractivity contribution in [1.82, 2.24) is 4.90 Å². The lowest BCUT2D eigenvalue weighted by Gasteiger charge is -2.31. The molecule has 1 aromatic rings. The van der Waals surface area contributed by atoms with E-state index in [2.05, 4.69) is 12.1 Å². The van der Waals surface area contributed by atoms with E-state index in [1.807, 2.05) is 40.6 Å². The zero-order chi connectivity index (χ0) is 12.4. The molecule has 18 heavy (non-hydrogen) atoms. The minimum atomic E-state index is 0.191. The van der Waals surface area contributed by atoms with E-state index < -0.39 is 0 Å². The summed E-state index contributed by atoms with van der Waals surface area (Å²) in [7, 11) is 0. The quantitative estimate of drug-likeness (QED) is 0.827. The summed E-state index contributed by atoms with van der Waals surface area (Å²) in [5, 5.41) is 0. The van der Waals surface area contributed by atoms with Gasteiger partial charge in [0.25, 0.3) is 5.91 Å². The molecule has 2 heterocycles. The number of thioether (sulfide) groups is 2. The molecule has 0 atom stereocenters. The van der Waals surface area contributed by atoms with E-state index in [-0.39, 0.29) is 5.91 Å². The molecule has 0 saturated carbocycles. The van der Waals surface area contributed by atoms with E-state index in [1.54, 1.807) is 0 Å². The van der Waals surface area contributed by atoms with E-state index in [0.717, 1.165) is 25.1 Å². The largest absolute Gasteiger partial charge is 0.339 e. The van der Waals surface area contributed by atoms with Crippen molar-refractivity contribution < 1.29 is 4.79 Å². The second-order valence-corrected chi connectivity index (χ2v) is 7.42. The molecule has 1 aromatic carbocycles. The molecule has 1 amide bonds. The smallest absolute Gasteiger partial charge is 0.253 e. The molecule has 2 saturated heterocycles. The van der Waals surface area contributed by atoms with Crippen molar-refractivity contribution >= 4 is 29.4 Å². The van der Waals surface area contributed by atoms with E-state index in [1.165, 1.54) is 23.5 Å². The van der Waals surface area contributed by atoms with Crippen LogP contribution in [0, 0.1) is 0 Å². The molecule has 0 N–H and O–H groups in total. The molecule has 2 aliphatic heterocycles. The summed E-state index contributed by atoms with van der Waals surface area (Å²) in [6, 6.07) is 8.24. The fourth-order valence-corrected chi connectivity index (χ4v) is 5.06. The molecule has 96 valence electrons. The van der Waals surface area contributed by atoms with Crippen LogP contribution in [0.5, 0.6) is 0 Å². The summed E-state index contributed by atoms with van der Waals surface area (Å²) in [6.45, 7) is 1.85. The zero-order valence-corrected chi connectivity index (χ0v) is 11.9. The average Bonchev–Trinajstić information content (AvgIpc) is 2.38. The topological polar surface area (TPSA) is 20.3 Å². The highest BCUT2D eigenvalue weighted by Gasteiger charge is 2.22. The van der Waals surface area contributed by atoms with E-state index in [0.29, 0.717) is 4.58 Å². The second kappa shape index (κ2) is 5.57. The molecule has 4 heteroatoms. The molecule has 0 bridgehead atoms. The Hall–Kier alpha value is -0.610. The van der Waals surface area contributed by atoms with Crippen molar-refractivity contribution in [1.29, 1.82) is 0 Å². The second-order valence-electron chi connectivity index (χ2n) is 4.69. The van der Waals surface area contributed by atoms with Crippen molar-refractivity contribution in [3.8, 4) is 0 Å². The van der Waals surface area contributed by atoms with E-state index >= 15 is 0 Å². The molecular weight excluding hydrogens is 262 g/mol. The third kappa shape index (κ3) is 2.54. The van der Waals surface area contributed by atoms with Gasteiger partial charge in [0, 0.05) is 18.7 Å². The monoisotopic (exact) mass is 279 g/mol. The third-order valence-electron chi connectivity index (χ3n) is 3.40. The lowest BCUT2D eigenvalue weighted by Crippen LogP contribution is -2.41. The van der Waals surface area contributed by atoms with Gasteiger partial charge in [0.15, 0.2) is 0 Å². The van der Waals surface area contributed by atoms with Gasteiger partial charge in [0.2, 0.25) is 0 Å². The predicted octanol–water partition coefficient (Wildman–Crippen LogP) is 3.40. The van der Waals surface area contributed by atoms with Gasteiger partial charge in [-0.2, -0.15) is 0 Å². The highest BCUT2D eigenvalue weighted by Crippen LogP contribution is 2.43. The lowest BCUT2D eigenvalue weighted by molar-refractivity contribution is 0.0652. The van der Waals surface area contributed by atoms with Gasteiger partial charge in [0.05, 0.1) is 4.58 Å². The van der Waals surface area contributed by atoms with Gasteiger partial charge >= 0.3 is 0 Å². The molecule has 0 spiro atoms. The normalized spacial score (nSPS) is 20.6. The standard InChI is InChI=1S/C14H17NOS2/c16-13(15-7-1-8-15)11-3-5-12(6-4-11)14-17-9-2-10-18-14/h3-6,14H,1-2,7-10H2.